The maximum absolute atomic E-state index is 13.9. The van der Waals surface area contributed by atoms with Crippen molar-refractivity contribution in [3.63, 3.8) is 0 Å². The first-order chi connectivity index (χ1) is 8.72. The monoisotopic (exact) mass is 250 g/mol. The highest BCUT2D eigenvalue weighted by atomic mass is 19.1. The summed E-state index contributed by atoms with van der Waals surface area (Å²) < 4.78 is 13.9. The SMILES string of the molecule is CCCNC(CN(C)C1CC1)c1ccccc1F. The molecule has 1 atom stereocenters. The second kappa shape index (κ2) is 6.30. The molecular formula is C15H23FN2. The molecule has 100 valence electrons. The van der Waals surface area contributed by atoms with Crippen LogP contribution in [0.1, 0.15) is 37.8 Å². The van der Waals surface area contributed by atoms with E-state index in [2.05, 4.69) is 24.2 Å². The molecule has 2 nitrogen and oxygen atoms in total. The van der Waals surface area contributed by atoms with Gasteiger partial charge in [0.05, 0.1) is 0 Å². The minimum absolute atomic E-state index is 0.0942. The maximum Gasteiger partial charge on any atom is 0.128 e. The Morgan fingerprint density at radius 2 is 2.11 bits per heavy atom. The molecule has 3 heteroatoms. The summed E-state index contributed by atoms with van der Waals surface area (Å²) in [5, 5.41) is 3.46. The Kier molecular flexibility index (Phi) is 4.72. The van der Waals surface area contributed by atoms with Crippen LogP contribution in [-0.2, 0) is 0 Å². The van der Waals surface area contributed by atoms with E-state index in [1.807, 2.05) is 12.1 Å². The summed E-state index contributed by atoms with van der Waals surface area (Å²) in [5.74, 6) is -0.102. The Morgan fingerprint density at radius 3 is 2.72 bits per heavy atom. The molecule has 18 heavy (non-hydrogen) atoms. The lowest BCUT2D eigenvalue weighted by molar-refractivity contribution is 0.278. The second-order valence-electron chi connectivity index (χ2n) is 5.20. The number of likely N-dealkylation sites (N-methyl/N-ethyl adjacent to an activating group) is 1. The Bertz CT molecular complexity index is 377. The van der Waals surface area contributed by atoms with E-state index in [-0.39, 0.29) is 11.9 Å². The summed E-state index contributed by atoms with van der Waals surface area (Å²) >= 11 is 0. The zero-order chi connectivity index (χ0) is 13.0. The normalized spacial score (nSPS) is 17.1. The predicted octanol–water partition coefficient (Wildman–Crippen LogP) is 2.96. The Balaban J connectivity index is 2.05. The molecule has 1 saturated carbocycles. The number of nitrogens with one attached hydrogen (secondary N) is 1. The average molecular weight is 250 g/mol. The van der Waals surface area contributed by atoms with Gasteiger partial charge < -0.3 is 10.2 Å². The van der Waals surface area contributed by atoms with Crippen molar-refractivity contribution in [1.82, 2.24) is 10.2 Å². The molecule has 0 aromatic heterocycles. The Morgan fingerprint density at radius 1 is 1.39 bits per heavy atom. The quantitative estimate of drug-likeness (QED) is 0.800. The maximum atomic E-state index is 13.9. The van der Waals surface area contributed by atoms with E-state index in [1.54, 1.807) is 12.1 Å². The van der Waals surface area contributed by atoms with Gasteiger partial charge in [0.15, 0.2) is 0 Å². The van der Waals surface area contributed by atoms with E-state index in [1.165, 1.54) is 12.8 Å². The van der Waals surface area contributed by atoms with Gasteiger partial charge in [-0.2, -0.15) is 0 Å². The van der Waals surface area contributed by atoms with E-state index in [4.69, 9.17) is 0 Å². The molecule has 0 aliphatic heterocycles. The van der Waals surface area contributed by atoms with Crippen molar-refractivity contribution in [1.29, 1.82) is 0 Å². The van der Waals surface area contributed by atoms with Gasteiger partial charge in [0, 0.05) is 24.2 Å². The van der Waals surface area contributed by atoms with Crippen LogP contribution in [0.3, 0.4) is 0 Å². The highest BCUT2D eigenvalue weighted by Crippen LogP contribution is 2.27. The molecule has 1 unspecified atom stereocenters. The van der Waals surface area contributed by atoms with Gasteiger partial charge in [0.25, 0.3) is 0 Å². The molecule has 1 aromatic carbocycles. The van der Waals surface area contributed by atoms with Gasteiger partial charge in [-0.1, -0.05) is 25.1 Å². The number of nitrogens with zero attached hydrogens (tertiary/aromatic N) is 1. The van der Waals surface area contributed by atoms with E-state index < -0.39 is 0 Å². The van der Waals surface area contributed by atoms with Crippen molar-refractivity contribution in [2.45, 2.75) is 38.3 Å². The average Bonchev–Trinajstić information content (AvgIpc) is 3.19. The van der Waals surface area contributed by atoms with Crippen LogP contribution < -0.4 is 5.32 Å². The highest BCUT2D eigenvalue weighted by molar-refractivity contribution is 5.21. The van der Waals surface area contributed by atoms with Crippen molar-refractivity contribution in [2.24, 2.45) is 0 Å². The van der Waals surface area contributed by atoms with Gasteiger partial charge in [-0.25, -0.2) is 4.39 Å². The molecule has 0 amide bonds. The number of benzene rings is 1. The van der Waals surface area contributed by atoms with Crippen LogP contribution >= 0.6 is 0 Å². The third kappa shape index (κ3) is 3.53. The van der Waals surface area contributed by atoms with Gasteiger partial charge in [0.1, 0.15) is 5.82 Å². The number of hydrogen-bond donors (Lipinski definition) is 1. The molecule has 0 bridgehead atoms. The molecule has 0 spiro atoms. The standard InChI is InChI=1S/C15H23FN2/c1-3-10-17-15(11-18(2)12-8-9-12)13-6-4-5-7-14(13)16/h4-7,12,15,17H,3,8-11H2,1-2H3. The molecule has 1 aliphatic rings. The second-order valence-corrected chi connectivity index (χ2v) is 5.20. The minimum Gasteiger partial charge on any atom is -0.309 e. The first kappa shape index (κ1) is 13.5. The van der Waals surface area contributed by atoms with Crippen molar-refractivity contribution in [2.75, 3.05) is 20.1 Å². The summed E-state index contributed by atoms with van der Waals surface area (Å²) in [6.45, 7) is 3.94. The summed E-state index contributed by atoms with van der Waals surface area (Å²) in [6.07, 6.45) is 3.64. The highest BCUT2D eigenvalue weighted by Gasteiger charge is 2.28. The van der Waals surface area contributed by atoms with Crippen LogP contribution in [0.4, 0.5) is 4.39 Å². The fourth-order valence-electron chi connectivity index (χ4n) is 2.30. The van der Waals surface area contributed by atoms with E-state index in [0.717, 1.165) is 25.1 Å². The summed E-state index contributed by atoms with van der Waals surface area (Å²) in [6, 6.07) is 7.91. The third-order valence-corrected chi connectivity index (χ3v) is 3.56. The number of halogens is 1. The molecule has 1 fully saturated rings. The number of hydrogen-bond acceptors (Lipinski definition) is 2. The Labute approximate surface area is 109 Å². The van der Waals surface area contributed by atoms with Gasteiger partial charge in [-0.3, -0.25) is 0 Å². The van der Waals surface area contributed by atoms with Gasteiger partial charge in [0.2, 0.25) is 0 Å². The fraction of sp³-hybridized carbons (Fsp3) is 0.600. The van der Waals surface area contributed by atoms with Gasteiger partial charge >= 0.3 is 0 Å². The van der Waals surface area contributed by atoms with Crippen LogP contribution in [0.25, 0.3) is 0 Å². The topological polar surface area (TPSA) is 15.3 Å². The zero-order valence-corrected chi connectivity index (χ0v) is 11.3. The lowest BCUT2D eigenvalue weighted by Gasteiger charge is -2.25. The lowest BCUT2D eigenvalue weighted by atomic mass is 10.1. The van der Waals surface area contributed by atoms with Crippen LogP contribution in [-0.4, -0.2) is 31.1 Å². The lowest BCUT2D eigenvalue weighted by Crippen LogP contribution is -2.35. The largest absolute Gasteiger partial charge is 0.309 e. The smallest absolute Gasteiger partial charge is 0.128 e. The van der Waals surface area contributed by atoms with Gasteiger partial charge in [-0.15, -0.1) is 0 Å². The van der Waals surface area contributed by atoms with Crippen LogP contribution in [0, 0.1) is 5.82 Å². The number of rotatable bonds is 7. The fourth-order valence-corrected chi connectivity index (χ4v) is 2.30. The zero-order valence-electron chi connectivity index (χ0n) is 11.3. The van der Waals surface area contributed by atoms with Gasteiger partial charge in [-0.05, 0) is 38.9 Å². The molecule has 1 aliphatic carbocycles. The van der Waals surface area contributed by atoms with Crippen molar-refractivity contribution >= 4 is 0 Å². The molecule has 0 radical (unpaired) electrons. The molecule has 0 saturated heterocycles. The molecular weight excluding hydrogens is 227 g/mol. The van der Waals surface area contributed by atoms with Crippen molar-refractivity contribution in [3.8, 4) is 0 Å². The molecule has 1 aromatic rings. The first-order valence-corrected chi connectivity index (χ1v) is 6.90. The van der Waals surface area contributed by atoms with Crippen molar-refractivity contribution in [3.05, 3.63) is 35.6 Å². The Hall–Kier alpha value is -0.930. The summed E-state index contributed by atoms with van der Waals surface area (Å²) in [5.41, 5.74) is 0.790. The van der Waals surface area contributed by atoms with E-state index in [9.17, 15) is 4.39 Å². The molecule has 1 N–H and O–H groups in total. The third-order valence-electron chi connectivity index (χ3n) is 3.56. The van der Waals surface area contributed by atoms with Crippen molar-refractivity contribution < 1.29 is 4.39 Å². The van der Waals surface area contributed by atoms with E-state index >= 15 is 0 Å². The molecule has 2 rings (SSSR count). The van der Waals surface area contributed by atoms with E-state index in [0.29, 0.717) is 6.04 Å². The minimum atomic E-state index is -0.102. The first-order valence-electron chi connectivity index (χ1n) is 6.90. The van der Waals surface area contributed by atoms with Crippen LogP contribution in [0.15, 0.2) is 24.3 Å². The van der Waals surface area contributed by atoms with Crippen LogP contribution in [0.5, 0.6) is 0 Å². The summed E-state index contributed by atoms with van der Waals surface area (Å²) in [7, 11) is 2.14. The molecule has 0 heterocycles. The predicted molar refractivity (Wildman–Crippen MR) is 73.1 cm³/mol. The van der Waals surface area contributed by atoms with Crippen LogP contribution in [0.2, 0.25) is 0 Å². The summed E-state index contributed by atoms with van der Waals surface area (Å²) in [4.78, 5) is 2.35.